The van der Waals surface area contributed by atoms with Gasteiger partial charge in [-0.1, -0.05) is 24.3 Å². The Morgan fingerprint density at radius 1 is 1.19 bits per heavy atom. The van der Waals surface area contributed by atoms with Crippen molar-refractivity contribution in [2.75, 3.05) is 0 Å². The predicted octanol–water partition coefficient (Wildman–Crippen LogP) is 2.32. The summed E-state index contributed by atoms with van der Waals surface area (Å²) in [5.41, 5.74) is 1.78. The molecule has 2 rings (SSSR count). The Hall–Kier alpha value is -1.76. The zero-order chi connectivity index (χ0) is 15.5. The summed E-state index contributed by atoms with van der Waals surface area (Å²) in [5, 5.41) is 8.31. The van der Waals surface area contributed by atoms with Crippen molar-refractivity contribution in [2.24, 2.45) is 5.14 Å². The van der Waals surface area contributed by atoms with Crippen LogP contribution in [0.4, 0.5) is 4.39 Å². The number of hydrogen-bond donors (Lipinski definition) is 2. The van der Waals surface area contributed by atoms with Crippen molar-refractivity contribution in [3.05, 3.63) is 65.5 Å². The minimum Gasteiger partial charge on any atom is -0.306 e. The second kappa shape index (κ2) is 6.34. The van der Waals surface area contributed by atoms with Crippen molar-refractivity contribution in [3.63, 3.8) is 0 Å². The van der Waals surface area contributed by atoms with Crippen LogP contribution < -0.4 is 10.5 Å². The van der Waals surface area contributed by atoms with Crippen molar-refractivity contribution < 1.29 is 12.8 Å². The van der Waals surface area contributed by atoms with E-state index in [1.807, 2.05) is 13.0 Å². The maximum Gasteiger partial charge on any atom is 0.238 e. The summed E-state index contributed by atoms with van der Waals surface area (Å²) in [7, 11) is -3.67. The first-order chi connectivity index (χ1) is 9.86. The zero-order valence-corrected chi connectivity index (χ0v) is 12.4. The molecule has 0 radical (unpaired) electrons. The Morgan fingerprint density at radius 2 is 1.86 bits per heavy atom. The lowest BCUT2D eigenvalue weighted by atomic mass is 10.1. The Labute approximate surface area is 123 Å². The third-order valence-corrected chi connectivity index (χ3v) is 4.14. The van der Waals surface area contributed by atoms with Crippen LogP contribution in [0.15, 0.2) is 53.4 Å². The van der Waals surface area contributed by atoms with Crippen LogP contribution in [0.1, 0.15) is 24.1 Å². The molecule has 6 heteroatoms. The Bertz CT molecular complexity index is 715. The maximum absolute atomic E-state index is 13.1. The molecular weight excluding hydrogens is 291 g/mol. The quantitative estimate of drug-likeness (QED) is 0.890. The van der Waals surface area contributed by atoms with Gasteiger partial charge in [-0.05, 0) is 42.3 Å². The summed E-state index contributed by atoms with van der Waals surface area (Å²) in [4.78, 5) is 0.0866. The van der Waals surface area contributed by atoms with Gasteiger partial charge in [-0.15, -0.1) is 0 Å². The van der Waals surface area contributed by atoms with Gasteiger partial charge in [-0.25, -0.2) is 17.9 Å². The van der Waals surface area contributed by atoms with Gasteiger partial charge in [0.1, 0.15) is 5.82 Å². The largest absolute Gasteiger partial charge is 0.306 e. The summed E-state index contributed by atoms with van der Waals surface area (Å²) in [5.74, 6) is -0.264. The predicted molar refractivity (Wildman–Crippen MR) is 79.5 cm³/mol. The number of hydrogen-bond acceptors (Lipinski definition) is 3. The third-order valence-electron chi connectivity index (χ3n) is 3.21. The molecule has 0 aliphatic rings. The molecule has 0 heterocycles. The summed E-state index contributed by atoms with van der Waals surface area (Å²) in [6.45, 7) is 2.47. The number of primary sulfonamides is 1. The molecule has 1 unspecified atom stereocenters. The average molecular weight is 308 g/mol. The number of nitrogens with two attached hydrogens (primary N) is 1. The molecule has 0 saturated heterocycles. The van der Waals surface area contributed by atoms with Crippen molar-refractivity contribution in [2.45, 2.75) is 24.4 Å². The Morgan fingerprint density at radius 3 is 2.43 bits per heavy atom. The highest BCUT2D eigenvalue weighted by atomic mass is 32.2. The number of rotatable bonds is 5. The molecule has 0 aromatic heterocycles. The standard InChI is InChI=1S/C15H17FN2O2S/c1-11(18-10-12-3-2-4-14(16)9-12)13-5-7-15(8-6-13)21(17,19)20/h2-9,11,18H,10H2,1H3,(H2,17,19,20). The lowest BCUT2D eigenvalue weighted by molar-refractivity contribution is 0.568. The van der Waals surface area contributed by atoms with Crippen molar-refractivity contribution in [1.29, 1.82) is 0 Å². The highest BCUT2D eigenvalue weighted by molar-refractivity contribution is 7.89. The van der Waals surface area contributed by atoms with Crippen LogP contribution in [0, 0.1) is 5.82 Å². The molecule has 4 nitrogen and oxygen atoms in total. The molecule has 0 fully saturated rings. The summed E-state index contributed by atoms with van der Waals surface area (Å²) in [6, 6.07) is 12.8. The monoisotopic (exact) mass is 308 g/mol. The van der Waals surface area contributed by atoms with E-state index in [2.05, 4.69) is 5.32 Å². The average Bonchev–Trinajstić information content (AvgIpc) is 2.44. The molecule has 0 amide bonds. The fourth-order valence-electron chi connectivity index (χ4n) is 1.98. The van der Waals surface area contributed by atoms with Crippen molar-refractivity contribution in [1.82, 2.24) is 5.32 Å². The first kappa shape index (κ1) is 15.6. The van der Waals surface area contributed by atoms with Gasteiger partial charge in [0.15, 0.2) is 0 Å². The van der Waals surface area contributed by atoms with Crippen molar-refractivity contribution in [3.8, 4) is 0 Å². The van der Waals surface area contributed by atoms with Gasteiger partial charge in [0, 0.05) is 12.6 Å². The van der Waals surface area contributed by atoms with Crippen LogP contribution in [-0.2, 0) is 16.6 Å². The SMILES string of the molecule is CC(NCc1cccc(F)c1)c1ccc(S(N)(=O)=O)cc1. The molecular formula is C15H17FN2O2S. The third kappa shape index (κ3) is 4.35. The Kier molecular flexibility index (Phi) is 4.72. The van der Waals surface area contributed by atoms with Gasteiger partial charge in [0.05, 0.1) is 4.90 Å². The molecule has 3 N–H and O–H groups in total. The van der Waals surface area contributed by atoms with E-state index in [-0.39, 0.29) is 16.8 Å². The highest BCUT2D eigenvalue weighted by Gasteiger charge is 2.09. The Balaban J connectivity index is 2.02. The van der Waals surface area contributed by atoms with E-state index in [0.29, 0.717) is 6.54 Å². The van der Waals surface area contributed by atoms with Crippen molar-refractivity contribution >= 4 is 10.0 Å². The highest BCUT2D eigenvalue weighted by Crippen LogP contribution is 2.16. The molecule has 0 bridgehead atoms. The molecule has 21 heavy (non-hydrogen) atoms. The van der Waals surface area contributed by atoms with E-state index >= 15 is 0 Å². The second-order valence-electron chi connectivity index (χ2n) is 4.85. The first-order valence-electron chi connectivity index (χ1n) is 6.47. The van der Waals surface area contributed by atoms with E-state index in [9.17, 15) is 12.8 Å². The van der Waals surface area contributed by atoms with E-state index in [0.717, 1.165) is 11.1 Å². The fraction of sp³-hybridized carbons (Fsp3) is 0.200. The normalized spacial score (nSPS) is 13.1. The minimum absolute atomic E-state index is 0.00259. The number of sulfonamides is 1. The molecule has 112 valence electrons. The summed E-state index contributed by atoms with van der Waals surface area (Å²) >= 11 is 0. The smallest absolute Gasteiger partial charge is 0.238 e. The number of nitrogens with one attached hydrogen (secondary N) is 1. The topological polar surface area (TPSA) is 72.2 Å². The molecule has 0 spiro atoms. The molecule has 2 aromatic rings. The molecule has 0 aliphatic heterocycles. The number of benzene rings is 2. The summed E-state index contributed by atoms with van der Waals surface area (Å²) in [6.07, 6.45) is 0. The number of halogens is 1. The van der Waals surface area contributed by atoms with Crippen LogP contribution >= 0.6 is 0 Å². The zero-order valence-electron chi connectivity index (χ0n) is 11.6. The van der Waals surface area contributed by atoms with E-state index in [1.54, 1.807) is 18.2 Å². The van der Waals surface area contributed by atoms with E-state index < -0.39 is 10.0 Å². The lowest BCUT2D eigenvalue weighted by Crippen LogP contribution is -2.18. The molecule has 2 aromatic carbocycles. The fourth-order valence-corrected chi connectivity index (χ4v) is 2.50. The molecule has 0 saturated carbocycles. The van der Waals surface area contributed by atoms with E-state index in [4.69, 9.17) is 5.14 Å². The second-order valence-corrected chi connectivity index (χ2v) is 6.41. The van der Waals surface area contributed by atoms with Crippen LogP contribution in [0.2, 0.25) is 0 Å². The van der Waals surface area contributed by atoms with Gasteiger partial charge in [-0.2, -0.15) is 0 Å². The first-order valence-corrected chi connectivity index (χ1v) is 8.01. The maximum atomic E-state index is 13.1. The summed E-state index contributed by atoms with van der Waals surface area (Å²) < 4.78 is 35.4. The van der Waals surface area contributed by atoms with Gasteiger partial charge >= 0.3 is 0 Å². The van der Waals surface area contributed by atoms with Gasteiger partial charge in [0.25, 0.3) is 0 Å². The van der Waals surface area contributed by atoms with Crippen LogP contribution in [0.25, 0.3) is 0 Å². The molecule has 1 atom stereocenters. The van der Waals surface area contributed by atoms with Gasteiger partial charge < -0.3 is 5.32 Å². The van der Waals surface area contributed by atoms with Crippen LogP contribution in [0.5, 0.6) is 0 Å². The van der Waals surface area contributed by atoms with Gasteiger partial charge in [0.2, 0.25) is 10.0 Å². The van der Waals surface area contributed by atoms with Crippen LogP contribution in [-0.4, -0.2) is 8.42 Å². The lowest BCUT2D eigenvalue weighted by Gasteiger charge is -2.14. The van der Waals surface area contributed by atoms with E-state index in [1.165, 1.54) is 24.3 Å². The van der Waals surface area contributed by atoms with Gasteiger partial charge in [-0.3, -0.25) is 0 Å². The molecule has 0 aliphatic carbocycles. The minimum atomic E-state index is -3.67. The van der Waals surface area contributed by atoms with Crippen LogP contribution in [0.3, 0.4) is 0 Å².